The van der Waals surface area contributed by atoms with Crippen LogP contribution in [0.4, 0.5) is 0 Å². The molecule has 120 valence electrons. The fraction of sp³-hybridized carbons (Fsp3) is 0.500. The summed E-state index contributed by atoms with van der Waals surface area (Å²) in [4.78, 5) is 10.1. The van der Waals surface area contributed by atoms with Gasteiger partial charge in [-0.25, -0.2) is 0 Å². The van der Waals surface area contributed by atoms with Crippen molar-refractivity contribution in [3.05, 3.63) is 18.2 Å². The molecule has 1 rings (SSSR count). The molecule has 2 atom stereocenters. The van der Waals surface area contributed by atoms with Crippen LogP contribution >= 0.6 is 0 Å². The molecule has 0 amide bonds. The van der Waals surface area contributed by atoms with E-state index in [0.717, 1.165) is 17.2 Å². The number of rotatable bonds is 6. The van der Waals surface area contributed by atoms with Crippen LogP contribution in [0.1, 0.15) is 6.92 Å². The zero-order valence-electron chi connectivity index (χ0n) is 12.9. The Hall–Kier alpha value is -1.99. The number of ether oxygens (including phenoxy) is 3. The minimum atomic E-state index is -1.03. The van der Waals surface area contributed by atoms with Crippen molar-refractivity contribution >= 4 is 5.97 Å². The Balaban J connectivity index is 0.000000400. The molecule has 0 aromatic heterocycles. The first-order valence-corrected chi connectivity index (χ1v) is 6.24. The predicted octanol–water partition coefficient (Wildman–Crippen LogP) is 0.752. The summed E-state index contributed by atoms with van der Waals surface area (Å²) in [6.07, 6.45) is -0.854. The van der Waals surface area contributed by atoms with Crippen LogP contribution in [0.5, 0.6) is 17.2 Å². The van der Waals surface area contributed by atoms with Crippen molar-refractivity contribution in [3.63, 3.8) is 0 Å². The van der Waals surface area contributed by atoms with Gasteiger partial charge in [-0.05, 0) is 14.0 Å². The zero-order chi connectivity index (χ0) is 16.4. The molecule has 0 fully saturated rings. The number of hydrogen-bond donors (Lipinski definition) is 3. The van der Waals surface area contributed by atoms with Crippen LogP contribution in [-0.2, 0) is 4.79 Å². The summed E-state index contributed by atoms with van der Waals surface area (Å²) in [6, 6.07) is 4.53. The van der Waals surface area contributed by atoms with Crippen molar-refractivity contribution in [1.29, 1.82) is 0 Å². The Morgan fingerprint density at radius 3 is 1.48 bits per heavy atom. The third kappa shape index (κ3) is 6.82. The largest absolute Gasteiger partial charge is 0.496 e. The average Bonchev–Trinajstić information content (AvgIpc) is 2.47. The second kappa shape index (κ2) is 9.84. The fourth-order valence-electron chi connectivity index (χ4n) is 1.47. The van der Waals surface area contributed by atoms with Crippen molar-refractivity contribution < 1.29 is 29.2 Å². The maximum atomic E-state index is 10.1. The molecule has 1 aromatic rings. The number of carbonyl (C=O) groups is 1. The molecule has 0 aliphatic heterocycles. The van der Waals surface area contributed by atoms with Crippen LogP contribution in [-0.4, -0.2) is 56.7 Å². The summed E-state index contributed by atoms with van der Waals surface area (Å²) in [5.41, 5.74) is 0. The van der Waals surface area contributed by atoms with Gasteiger partial charge in [0.05, 0.1) is 27.4 Å². The molecule has 0 heterocycles. The Morgan fingerprint density at radius 1 is 1.05 bits per heavy atom. The Morgan fingerprint density at radius 2 is 1.38 bits per heavy atom. The quantitative estimate of drug-likeness (QED) is 0.713. The third-order valence-electron chi connectivity index (χ3n) is 2.62. The van der Waals surface area contributed by atoms with Crippen LogP contribution in [0.25, 0.3) is 0 Å². The van der Waals surface area contributed by atoms with Crippen LogP contribution in [0.15, 0.2) is 18.2 Å². The molecule has 21 heavy (non-hydrogen) atoms. The van der Waals surface area contributed by atoms with Gasteiger partial charge in [-0.2, -0.15) is 0 Å². The van der Waals surface area contributed by atoms with Crippen molar-refractivity contribution in [1.82, 2.24) is 5.32 Å². The van der Waals surface area contributed by atoms with Gasteiger partial charge in [0.1, 0.15) is 23.3 Å². The molecular formula is C14H23NO6. The van der Waals surface area contributed by atoms with E-state index < -0.39 is 18.1 Å². The fourth-order valence-corrected chi connectivity index (χ4v) is 1.47. The van der Waals surface area contributed by atoms with E-state index in [2.05, 4.69) is 5.32 Å². The van der Waals surface area contributed by atoms with Gasteiger partial charge < -0.3 is 29.7 Å². The standard InChI is InChI=1S/C9H12O3.C5H11NO3/c1-10-7-4-8(11-2)6-9(5-7)12-3;1-3(7)4(6-2)5(8)9/h4-6H,1-3H3;3-4,6-7H,1-2H3,(H,8,9)/t;3?,4-/m.0/s1. The summed E-state index contributed by atoms with van der Waals surface area (Å²) >= 11 is 0. The van der Waals surface area contributed by atoms with Crippen molar-refractivity contribution in [2.75, 3.05) is 28.4 Å². The normalized spacial score (nSPS) is 12.5. The number of aliphatic hydroxyl groups excluding tert-OH is 1. The first-order chi connectivity index (χ1) is 9.89. The van der Waals surface area contributed by atoms with Crippen LogP contribution in [0.2, 0.25) is 0 Å². The number of hydrogen-bond acceptors (Lipinski definition) is 6. The summed E-state index contributed by atoms with van der Waals surface area (Å²) in [5, 5.41) is 19.5. The predicted molar refractivity (Wildman–Crippen MR) is 78.3 cm³/mol. The maximum Gasteiger partial charge on any atom is 0.323 e. The molecule has 0 spiro atoms. The van der Waals surface area contributed by atoms with Gasteiger partial charge in [-0.15, -0.1) is 0 Å². The van der Waals surface area contributed by atoms with Gasteiger partial charge in [0, 0.05) is 18.2 Å². The lowest BCUT2D eigenvalue weighted by molar-refractivity contribution is -0.141. The lowest BCUT2D eigenvalue weighted by atomic mass is 10.2. The van der Waals surface area contributed by atoms with Crippen LogP contribution < -0.4 is 19.5 Å². The molecule has 0 saturated carbocycles. The molecule has 1 unspecified atom stereocenters. The maximum absolute atomic E-state index is 10.1. The number of nitrogens with one attached hydrogen (secondary N) is 1. The Kier molecular flexibility index (Phi) is 8.91. The molecule has 0 bridgehead atoms. The van der Waals surface area contributed by atoms with Crippen LogP contribution in [0, 0.1) is 0 Å². The highest BCUT2D eigenvalue weighted by molar-refractivity contribution is 5.74. The number of likely N-dealkylation sites (N-methyl/N-ethyl adjacent to an activating group) is 1. The molecule has 0 radical (unpaired) electrons. The molecule has 7 nitrogen and oxygen atoms in total. The van der Waals surface area contributed by atoms with E-state index in [1.807, 2.05) is 0 Å². The highest BCUT2D eigenvalue weighted by atomic mass is 16.5. The monoisotopic (exact) mass is 301 g/mol. The van der Waals surface area contributed by atoms with E-state index in [9.17, 15) is 4.79 Å². The van der Waals surface area contributed by atoms with Gasteiger partial charge in [-0.3, -0.25) is 4.79 Å². The van der Waals surface area contributed by atoms with Crippen molar-refractivity contribution in [2.24, 2.45) is 0 Å². The summed E-state index contributed by atoms with van der Waals surface area (Å²) in [5.74, 6) is 1.15. The first-order valence-electron chi connectivity index (χ1n) is 6.24. The average molecular weight is 301 g/mol. The molecule has 3 N–H and O–H groups in total. The van der Waals surface area contributed by atoms with E-state index in [0.29, 0.717) is 0 Å². The number of carboxylic acid groups (broad SMARTS) is 1. The summed E-state index contributed by atoms with van der Waals surface area (Å²) < 4.78 is 15.1. The lowest BCUT2D eigenvalue weighted by Crippen LogP contribution is -2.42. The number of aliphatic hydroxyl groups is 1. The molecule has 0 aliphatic rings. The van der Waals surface area contributed by atoms with Gasteiger partial charge in [0.25, 0.3) is 0 Å². The van der Waals surface area contributed by atoms with Crippen LogP contribution in [0.3, 0.4) is 0 Å². The minimum absolute atomic E-state index is 0.728. The van der Waals surface area contributed by atoms with Gasteiger partial charge in [0.15, 0.2) is 0 Å². The second-order valence-corrected chi connectivity index (χ2v) is 4.10. The van der Waals surface area contributed by atoms with E-state index in [1.54, 1.807) is 39.5 Å². The van der Waals surface area contributed by atoms with Gasteiger partial charge in [0.2, 0.25) is 0 Å². The number of benzene rings is 1. The van der Waals surface area contributed by atoms with Gasteiger partial charge >= 0.3 is 5.97 Å². The van der Waals surface area contributed by atoms with E-state index in [1.165, 1.54) is 14.0 Å². The molecule has 0 aliphatic carbocycles. The SMILES string of the molecule is CN[C@H](C(=O)O)C(C)O.COc1cc(OC)cc(OC)c1. The number of aliphatic carboxylic acids is 1. The lowest BCUT2D eigenvalue weighted by Gasteiger charge is -2.12. The first kappa shape index (κ1) is 19.0. The zero-order valence-corrected chi connectivity index (χ0v) is 12.9. The topological polar surface area (TPSA) is 97.3 Å². The molecule has 7 heteroatoms. The Bertz CT molecular complexity index is 380. The highest BCUT2D eigenvalue weighted by Gasteiger charge is 2.19. The smallest absolute Gasteiger partial charge is 0.323 e. The van der Waals surface area contributed by atoms with Crippen molar-refractivity contribution in [2.45, 2.75) is 19.1 Å². The second-order valence-electron chi connectivity index (χ2n) is 4.10. The van der Waals surface area contributed by atoms with Crippen molar-refractivity contribution in [3.8, 4) is 17.2 Å². The number of carboxylic acids is 1. The Labute approximate surface area is 124 Å². The highest BCUT2D eigenvalue weighted by Crippen LogP contribution is 2.26. The van der Waals surface area contributed by atoms with E-state index >= 15 is 0 Å². The molecule has 1 aromatic carbocycles. The molecule has 0 saturated heterocycles. The van der Waals surface area contributed by atoms with E-state index in [-0.39, 0.29) is 0 Å². The molecular weight excluding hydrogens is 278 g/mol. The number of methoxy groups -OCH3 is 3. The minimum Gasteiger partial charge on any atom is -0.496 e. The summed E-state index contributed by atoms with van der Waals surface area (Å²) in [6.45, 7) is 1.43. The van der Waals surface area contributed by atoms with E-state index in [4.69, 9.17) is 24.4 Å². The third-order valence-corrected chi connectivity index (χ3v) is 2.62. The summed E-state index contributed by atoms with van der Waals surface area (Å²) in [7, 11) is 6.31. The van der Waals surface area contributed by atoms with Gasteiger partial charge in [-0.1, -0.05) is 0 Å².